The molecule has 1 aromatic carbocycles. The molecule has 0 saturated carbocycles. The summed E-state index contributed by atoms with van der Waals surface area (Å²) < 4.78 is 0. The molecule has 94 valence electrons. The molecule has 0 radical (unpaired) electrons. The topological polar surface area (TPSA) is 17.1 Å². The van der Waals surface area contributed by atoms with Gasteiger partial charge in [0.2, 0.25) is 0 Å². The summed E-state index contributed by atoms with van der Waals surface area (Å²) in [6.45, 7) is 10.7. The second kappa shape index (κ2) is 5.48. The van der Waals surface area contributed by atoms with E-state index in [0.29, 0.717) is 24.5 Å². The van der Waals surface area contributed by atoms with Gasteiger partial charge in [-0.1, -0.05) is 58.9 Å². The van der Waals surface area contributed by atoms with Crippen LogP contribution in [0.1, 0.15) is 58.1 Å². The van der Waals surface area contributed by atoms with Crippen LogP contribution in [-0.4, -0.2) is 5.78 Å². The van der Waals surface area contributed by atoms with E-state index in [1.807, 2.05) is 0 Å². The van der Waals surface area contributed by atoms with Crippen LogP contribution in [0.4, 0.5) is 0 Å². The number of Topliss-reactive ketones (excluding diaryl/α,β-unsaturated/α-hetero) is 1. The summed E-state index contributed by atoms with van der Waals surface area (Å²) >= 11 is 0. The third-order valence-electron chi connectivity index (χ3n) is 2.78. The molecule has 0 amide bonds. The maximum absolute atomic E-state index is 11.8. The van der Waals surface area contributed by atoms with Gasteiger partial charge in [0.1, 0.15) is 5.78 Å². The molecular formula is C16H24O. The van der Waals surface area contributed by atoms with Crippen molar-refractivity contribution in [3.63, 3.8) is 0 Å². The first kappa shape index (κ1) is 14.0. The minimum atomic E-state index is 0.0922. The summed E-state index contributed by atoms with van der Waals surface area (Å²) in [5.41, 5.74) is 2.55. The van der Waals surface area contributed by atoms with Crippen LogP contribution in [0.25, 0.3) is 0 Å². The Morgan fingerprint density at radius 2 is 1.65 bits per heavy atom. The zero-order valence-electron chi connectivity index (χ0n) is 11.7. The van der Waals surface area contributed by atoms with E-state index in [4.69, 9.17) is 0 Å². The van der Waals surface area contributed by atoms with Crippen LogP contribution in [0.2, 0.25) is 0 Å². The summed E-state index contributed by atoms with van der Waals surface area (Å²) in [5, 5.41) is 0. The van der Waals surface area contributed by atoms with Crippen molar-refractivity contribution in [1.29, 1.82) is 0 Å². The summed E-state index contributed by atoms with van der Waals surface area (Å²) in [6.07, 6.45) is 1.22. The molecule has 0 spiro atoms. The molecule has 1 rings (SSSR count). The lowest BCUT2D eigenvalue weighted by Crippen LogP contribution is -2.14. The minimum absolute atomic E-state index is 0.0922. The molecule has 17 heavy (non-hydrogen) atoms. The van der Waals surface area contributed by atoms with E-state index in [-0.39, 0.29) is 5.41 Å². The Morgan fingerprint density at radius 1 is 1.12 bits per heavy atom. The first-order valence-electron chi connectivity index (χ1n) is 6.38. The third kappa shape index (κ3) is 5.16. The third-order valence-corrected chi connectivity index (χ3v) is 2.78. The van der Waals surface area contributed by atoms with Crippen molar-refractivity contribution >= 4 is 5.78 Å². The predicted octanol–water partition coefficient (Wildman–Crippen LogP) is 4.36. The second-order valence-corrected chi connectivity index (χ2v) is 6.35. The monoisotopic (exact) mass is 232 g/mol. The van der Waals surface area contributed by atoms with Gasteiger partial charge in [-0.05, 0) is 22.5 Å². The quantitative estimate of drug-likeness (QED) is 0.754. The van der Waals surface area contributed by atoms with Gasteiger partial charge < -0.3 is 0 Å². The van der Waals surface area contributed by atoms with Gasteiger partial charge in [-0.3, -0.25) is 4.79 Å². The lowest BCUT2D eigenvalue weighted by atomic mass is 9.88. The second-order valence-electron chi connectivity index (χ2n) is 6.35. The Labute approximate surface area is 105 Å². The molecule has 0 aliphatic heterocycles. The molecule has 0 aliphatic carbocycles. The average Bonchev–Trinajstić information content (AvgIpc) is 2.15. The van der Waals surface area contributed by atoms with E-state index in [9.17, 15) is 4.79 Å². The Morgan fingerprint density at radius 3 is 2.06 bits per heavy atom. The zero-order chi connectivity index (χ0) is 13.1. The van der Waals surface area contributed by atoms with E-state index >= 15 is 0 Å². The van der Waals surface area contributed by atoms with Crippen LogP contribution in [0.3, 0.4) is 0 Å². The number of carbonyl (C=O) groups excluding carboxylic acids is 1. The molecule has 0 aromatic heterocycles. The highest BCUT2D eigenvalue weighted by molar-refractivity contribution is 5.81. The molecule has 0 saturated heterocycles. The fourth-order valence-electron chi connectivity index (χ4n) is 1.90. The van der Waals surface area contributed by atoms with Gasteiger partial charge in [-0.2, -0.15) is 0 Å². The molecule has 0 aliphatic rings. The number of hydrogen-bond acceptors (Lipinski definition) is 1. The van der Waals surface area contributed by atoms with Crippen molar-refractivity contribution in [1.82, 2.24) is 0 Å². The average molecular weight is 232 g/mol. The van der Waals surface area contributed by atoms with Crippen LogP contribution in [0, 0.1) is 5.41 Å². The molecule has 1 heteroatoms. The molecule has 0 bridgehead atoms. The van der Waals surface area contributed by atoms with Gasteiger partial charge in [-0.15, -0.1) is 0 Å². The van der Waals surface area contributed by atoms with E-state index in [1.54, 1.807) is 0 Å². The number of benzene rings is 1. The maximum atomic E-state index is 11.8. The predicted molar refractivity (Wildman–Crippen MR) is 73.3 cm³/mol. The molecule has 1 nitrogen and oxygen atoms in total. The normalized spacial score (nSPS) is 11.9. The lowest BCUT2D eigenvalue weighted by molar-refractivity contribution is -0.120. The Hall–Kier alpha value is -1.11. The summed E-state index contributed by atoms with van der Waals surface area (Å²) in [7, 11) is 0. The van der Waals surface area contributed by atoms with E-state index < -0.39 is 0 Å². The first-order valence-corrected chi connectivity index (χ1v) is 6.38. The molecule has 0 heterocycles. The smallest absolute Gasteiger partial charge is 0.137 e. The van der Waals surface area contributed by atoms with Crippen LogP contribution < -0.4 is 0 Å². The van der Waals surface area contributed by atoms with Gasteiger partial charge in [0.05, 0.1) is 0 Å². The molecule has 0 atom stereocenters. The number of carbonyl (C=O) groups is 1. The van der Waals surface area contributed by atoms with Gasteiger partial charge >= 0.3 is 0 Å². The van der Waals surface area contributed by atoms with E-state index in [1.165, 1.54) is 5.56 Å². The standard InChI is InChI=1S/C16H24O/c1-12(2)14-8-6-13(7-9-14)10-15(17)11-16(3,4)5/h6-9,12H,10-11H2,1-5H3. The van der Waals surface area contributed by atoms with E-state index in [0.717, 1.165) is 5.56 Å². The van der Waals surface area contributed by atoms with Gasteiger partial charge in [0.15, 0.2) is 0 Å². The molecular weight excluding hydrogens is 208 g/mol. The minimum Gasteiger partial charge on any atom is -0.299 e. The fourth-order valence-corrected chi connectivity index (χ4v) is 1.90. The van der Waals surface area contributed by atoms with Crippen molar-refractivity contribution < 1.29 is 4.79 Å². The van der Waals surface area contributed by atoms with Crippen LogP contribution >= 0.6 is 0 Å². The van der Waals surface area contributed by atoms with Crippen molar-refractivity contribution in [3.05, 3.63) is 35.4 Å². The van der Waals surface area contributed by atoms with Crippen LogP contribution in [-0.2, 0) is 11.2 Å². The van der Waals surface area contributed by atoms with Gasteiger partial charge in [0.25, 0.3) is 0 Å². The van der Waals surface area contributed by atoms with Gasteiger partial charge in [0, 0.05) is 12.8 Å². The zero-order valence-corrected chi connectivity index (χ0v) is 11.7. The lowest BCUT2D eigenvalue weighted by Gasteiger charge is -2.16. The highest BCUT2D eigenvalue weighted by Crippen LogP contribution is 2.20. The first-order chi connectivity index (χ1) is 7.78. The Balaban J connectivity index is 2.61. The summed E-state index contributed by atoms with van der Waals surface area (Å²) in [4.78, 5) is 11.8. The van der Waals surface area contributed by atoms with Crippen LogP contribution in [0.5, 0.6) is 0 Å². The van der Waals surface area contributed by atoms with Crippen molar-refractivity contribution in [2.24, 2.45) is 5.41 Å². The molecule has 0 fully saturated rings. The fraction of sp³-hybridized carbons (Fsp3) is 0.562. The Kier molecular flexibility index (Phi) is 4.50. The van der Waals surface area contributed by atoms with Crippen molar-refractivity contribution in [2.75, 3.05) is 0 Å². The Bertz CT molecular complexity index is 366. The summed E-state index contributed by atoms with van der Waals surface area (Å²) in [5.74, 6) is 0.879. The van der Waals surface area contributed by atoms with E-state index in [2.05, 4.69) is 58.9 Å². The summed E-state index contributed by atoms with van der Waals surface area (Å²) in [6, 6.07) is 8.42. The molecule has 0 N–H and O–H groups in total. The highest BCUT2D eigenvalue weighted by atomic mass is 16.1. The highest BCUT2D eigenvalue weighted by Gasteiger charge is 2.16. The van der Waals surface area contributed by atoms with Crippen molar-refractivity contribution in [2.45, 2.75) is 53.4 Å². The molecule has 0 unspecified atom stereocenters. The molecule has 1 aromatic rings. The maximum Gasteiger partial charge on any atom is 0.137 e. The van der Waals surface area contributed by atoms with Crippen molar-refractivity contribution in [3.8, 4) is 0 Å². The largest absolute Gasteiger partial charge is 0.299 e. The number of hydrogen-bond donors (Lipinski definition) is 0. The van der Waals surface area contributed by atoms with Crippen LogP contribution in [0.15, 0.2) is 24.3 Å². The number of ketones is 1. The SMILES string of the molecule is CC(C)c1ccc(CC(=O)CC(C)(C)C)cc1. The van der Waals surface area contributed by atoms with Gasteiger partial charge in [-0.25, -0.2) is 0 Å². The number of rotatable bonds is 4.